The largest absolute Gasteiger partial charge is 0.370 e. The Morgan fingerprint density at radius 1 is 1.14 bits per heavy atom. The maximum absolute atomic E-state index is 13.4. The van der Waals surface area contributed by atoms with Crippen LogP contribution in [-0.2, 0) is 0 Å². The van der Waals surface area contributed by atoms with Gasteiger partial charge in [-0.1, -0.05) is 19.3 Å². The maximum Gasteiger partial charge on any atom is 0.137 e. The van der Waals surface area contributed by atoms with Crippen molar-refractivity contribution in [3.8, 4) is 0 Å². The lowest BCUT2D eigenvalue weighted by Gasteiger charge is -2.33. The van der Waals surface area contributed by atoms with E-state index in [2.05, 4.69) is 26.1 Å². The molecule has 0 amide bonds. The summed E-state index contributed by atoms with van der Waals surface area (Å²) in [6.07, 6.45) is 8.03. The van der Waals surface area contributed by atoms with Crippen LogP contribution in [0.25, 0.3) is 0 Å². The third-order valence-electron chi connectivity index (χ3n) is 4.92. The molecule has 1 aromatic carbocycles. The van der Waals surface area contributed by atoms with E-state index in [1.54, 1.807) is 6.07 Å². The van der Waals surface area contributed by atoms with Crippen molar-refractivity contribution < 1.29 is 4.39 Å². The van der Waals surface area contributed by atoms with E-state index in [0.717, 1.165) is 37.7 Å². The van der Waals surface area contributed by atoms with Gasteiger partial charge in [0.05, 0.1) is 4.47 Å². The van der Waals surface area contributed by atoms with E-state index < -0.39 is 0 Å². The number of nitrogens with one attached hydrogen (secondary N) is 1. The fraction of sp³-hybridized carbons (Fsp3) is 0.647. The summed E-state index contributed by atoms with van der Waals surface area (Å²) >= 11 is 3.31. The van der Waals surface area contributed by atoms with Crippen LogP contribution in [0.5, 0.6) is 0 Å². The topological polar surface area (TPSA) is 15.3 Å². The first-order valence-electron chi connectivity index (χ1n) is 8.17. The highest BCUT2D eigenvalue weighted by atomic mass is 79.9. The van der Waals surface area contributed by atoms with Crippen molar-refractivity contribution in [3.63, 3.8) is 0 Å². The van der Waals surface area contributed by atoms with Crippen molar-refractivity contribution in [2.45, 2.75) is 44.6 Å². The fourth-order valence-corrected chi connectivity index (χ4v) is 4.09. The number of halogens is 2. The Hall–Kier alpha value is -0.610. The lowest BCUT2D eigenvalue weighted by atomic mass is 9.83. The Kier molecular flexibility index (Phi) is 5.17. The van der Waals surface area contributed by atoms with Gasteiger partial charge in [-0.2, -0.15) is 0 Å². The Bertz CT molecular complexity index is 474. The summed E-state index contributed by atoms with van der Waals surface area (Å²) in [5.74, 6) is 0.624. The molecule has 0 radical (unpaired) electrons. The molecule has 1 heterocycles. The first kappa shape index (κ1) is 15.3. The van der Waals surface area contributed by atoms with Crippen LogP contribution in [0.3, 0.4) is 0 Å². The van der Waals surface area contributed by atoms with Crippen LogP contribution >= 0.6 is 15.9 Å². The number of hydrogen-bond acceptors (Lipinski definition) is 2. The first-order chi connectivity index (χ1) is 10.2. The van der Waals surface area contributed by atoms with Gasteiger partial charge < -0.3 is 10.2 Å². The average Bonchev–Trinajstić information content (AvgIpc) is 2.77. The summed E-state index contributed by atoms with van der Waals surface area (Å²) in [4.78, 5) is 2.42. The normalized spacial score (nSPS) is 24.9. The molecule has 2 aliphatic rings. The Morgan fingerprint density at radius 2 is 1.95 bits per heavy atom. The van der Waals surface area contributed by atoms with Crippen molar-refractivity contribution in [1.29, 1.82) is 0 Å². The summed E-state index contributed by atoms with van der Waals surface area (Å²) in [5, 5.41) is 3.75. The third kappa shape index (κ3) is 3.78. The zero-order valence-corrected chi connectivity index (χ0v) is 14.0. The van der Waals surface area contributed by atoms with E-state index in [-0.39, 0.29) is 5.82 Å². The van der Waals surface area contributed by atoms with Gasteiger partial charge in [0.25, 0.3) is 0 Å². The van der Waals surface area contributed by atoms with Crippen LogP contribution in [0.4, 0.5) is 10.1 Å². The Balaban J connectivity index is 1.73. The summed E-state index contributed by atoms with van der Waals surface area (Å²) in [7, 11) is 0. The molecule has 0 spiro atoms. The lowest BCUT2D eigenvalue weighted by molar-refractivity contribution is 0.277. The standard InChI is InChI=1S/C17H24BrFN2/c18-15-11-14(7-8-16(15)19)21-10-4-9-20-17(12-21)13-5-2-1-3-6-13/h7-8,11,13,17,20H,1-6,9-10,12H2. The zero-order valence-electron chi connectivity index (χ0n) is 12.5. The molecule has 2 fully saturated rings. The molecule has 116 valence electrons. The molecular formula is C17H24BrFN2. The summed E-state index contributed by atoms with van der Waals surface area (Å²) in [5.41, 5.74) is 1.13. The number of hydrogen-bond donors (Lipinski definition) is 1. The van der Waals surface area contributed by atoms with E-state index in [0.29, 0.717) is 10.5 Å². The van der Waals surface area contributed by atoms with Crippen LogP contribution in [0.15, 0.2) is 22.7 Å². The molecule has 1 atom stereocenters. The SMILES string of the molecule is Fc1ccc(N2CCCNC(C3CCCCC3)C2)cc1Br. The Labute approximate surface area is 135 Å². The van der Waals surface area contributed by atoms with Gasteiger partial charge in [0, 0.05) is 24.8 Å². The monoisotopic (exact) mass is 354 g/mol. The highest BCUT2D eigenvalue weighted by Gasteiger charge is 2.27. The van der Waals surface area contributed by atoms with Crippen LogP contribution in [0, 0.1) is 11.7 Å². The van der Waals surface area contributed by atoms with Crippen molar-refractivity contribution >= 4 is 21.6 Å². The van der Waals surface area contributed by atoms with Crippen LogP contribution in [-0.4, -0.2) is 25.7 Å². The number of anilines is 1. The number of nitrogens with zero attached hydrogens (tertiary/aromatic N) is 1. The van der Waals surface area contributed by atoms with E-state index in [1.807, 2.05) is 12.1 Å². The van der Waals surface area contributed by atoms with E-state index >= 15 is 0 Å². The van der Waals surface area contributed by atoms with Gasteiger partial charge in [-0.15, -0.1) is 0 Å². The molecule has 1 saturated heterocycles. The van der Waals surface area contributed by atoms with Crippen LogP contribution in [0.2, 0.25) is 0 Å². The molecule has 1 aliphatic carbocycles. The minimum Gasteiger partial charge on any atom is -0.370 e. The minimum absolute atomic E-state index is 0.185. The van der Waals surface area contributed by atoms with Crippen LogP contribution in [0.1, 0.15) is 38.5 Å². The molecule has 1 unspecified atom stereocenters. The van der Waals surface area contributed by atoms with Crippen molar-refractivity contribution in [3.05, 3.63) is 28.5 Å². The third-order valence-corrected chi connectivity index (χ3v) is 5.52. The van der Waals surface area contributed by atoms with Crippen molar-refractivity contribution in [2.24, 2.45) is 5.92 Å². The molecule has 0 bridgehead atoms. The smallest absolute Gasteiger partial charge is 0.137 e. The van der Waals surface area contributed by atoms with E-state index in [9.17, 15) is 4.39 Å². The molecule has 2 nitrogen and oxygen atoms in total. The number of benzene rings is 1. The molecule has 1 aromatic rings. The molecule has 1 N–H and O–H groups in total. The summed E-state index contributed by atoms with van der Waals surface area (Å²) < 4.78 is 14.0. The van der Waals surface area contributed by atoms with Gasteiger partial charge in [0.15, 0.2) is 0 Å². The molecule has 1 aliphatic heterocycles. The van der Waals surface area contributed by atoms with E-state index in [1.165, 1.54) is 32.1 Å². The summed E-state index contributed by atoms with van der Waals surface area (Å²) in [6.45, 7) is 3.19. The van der Waals surface area contributed by atoms with Crippen molar-refractivity contribution in [2.75, 3.05) is 24.5 Å². The highest BCUT2D eigenvalue weighted by molar-refractivity contribution is 9.10. The molecule has 0 aromatic heterocycles. The quantitative estimate of drug-likeness (QED) is 0.849. The highest BCUT2D eigenvalue weighted by Crippen LogP contribution is 2.29. The average molecular weight is 355 g/mol. The molecule has 1 saturated carbocycles. The van der Waals surface area contributed by atoms with Crippen molar-refractivity contribution in [1.82, 2.24) is 5.32 Å². The molecule has 3 rings (SSSR count). The second kappa shape index (κ2) is 7.10. The zero-order chi connectivity index (χ0) is 14.7. The molecular weight excluding hydrogens is 331 g/mol. The second-order valence-corrected chi connectivity index (χ2v) is 7.21. The van der Waals surface area contributed by atoms with Gasteiger partial charge in [-0.25, -0.2) is 4.39 Å². The predicted octanol–water partition coefficient (Wildman–Crippen LogP) is 4.34. The minimum atomic E-state index is -0.185. The molecule has 21 heavy (non-hydrogen) atoms. The lowest BCUT2D eigenvalue weighted by Crippen LogP contribution is -2.43. The van der Waals surface area contributed by atoms with E-state index in [4.69, 9.17) is 0 Å². The van der Waals surface area contributed by atoms with Gasteiger partial charge in [-0.3, -0.25) is 0 Å². The maximum atomic E-state index is 13.4. The fourth-order valence-electron chi connectivity index (χ4n) is 3.72. The van der Waals surface area contributed by atoms with Crippen LogP contribution < -0.4 is 10.2 Å². The second-order valence-electron chi connectivity index (χ2n) is 6.36. The molecule has 4 heteroatoms. The Morgan fingerprint density at radius 3 is 2.71 bits per heavy atom. The summed E-state index contributed by atoms with van der Waals surface area (Å²) in [6, 6.07) is 5.96. The van der Waals surface area contributed by atoms with Gasteiger partial charge in [0.1, 0.15) is 5.82 Å². The number of rotatable bonds is 2. The van der Waals surface area contributed by atoms with Gasteiger partial charge in [-0.05, 0) is 65.9 Å². The first-order valence-corrected chi connectivity index (χ1v) is 8.97. The van der Waals surface area contributed by atoms with Gasteiger partial charge >= 0.3 is 0 Å². The van der Waals surface area contributed by atoms with Gasteiger partial charge in [0.2, 0.25) is 0 Å². The predicted molar refractivity (Wildman–Crippen MR) is 89.3 cm³/mol.